The number of ether oxygens (including phenoxy) is 1. The van der Waals surface area contributed by atoms with E-state index in [2.05, 4.69) is 15.3 Å². The van der Waals surface area contributed by atoms with Gasteiger partial charge in [-0.05, 0) is 43.3 Å². The first-order valence-electron chi connectivity index (χ1n) is 7.52. The molecule has 1 aromatic heterocycles. The lowest BCUT2D eigenvalue weighted by molar-refractivity contribution is -0.123. The fourth-order valence-corrected chi connectivity index (χ4v) is 2.77. The Hall–Kier alpha value is -2.77. The zero-order valence-corrected chi connectivity index (χ0v) is 14.9. The van der Waals surface area contributed by atoms with Crippen molar-refractivity contribution in [2.75, 3.05) is 5.32 Å². The molecule has 3 aromatic rings. The smallest absolute Gasteiger partial charge is 0.340 e. The van der Waals surface area contributed by atoms with Crippen molar-refractivity contribution in [1.29, 1.82) is 0 Å². The first kappa shape index (κ1) is 18.0. The van der Waals surface area contributed by atoms with Crippen LogP contribution in [0.5, 0.6) is 0 Å². The number of H-pyrrole nitrogens is 2. The Balaban J connectivity index is 1.68. The van der Waals surface area contributed by atoms with E-state index in [0.29, 0.717) is 21.7 Å². The molecule has 0 saturated carbocycles. The van der Waals surface area contributed by atoms with E-state index in [1.165, 1.54) is 25.1 Å². The van der Waals surface area contributed by atoms with E-state index in [-0.39, 0.29) is 16.3 Å². The van der Waals surface area contributed by atoms with Gasteiger partial charge in [0.05, 0.1) is 21.6 Å². The fraction of sp³-hybridized carbons (Fsp3) is 0.118. The maximum absolute atomic E-state index is 12.2. The minimum atomic E-state index is -1.06. The Morgan fingerprint density at radius 2 is 1.81 bits per heavy atom. The number of amides is 1. The number of rotatable bonds is 4. The minimum Gasteiger partial charge on any atom is -0.449 e. The number of halogens is 2. The maximum Gasteiger partial charge on any atom is 0.340 e. The van der Waals surface area contributed by atoms with Crippen molar-refractivity contribution in [1.82, 2.24) is 9.97 Å². The summed E-state index contributed by atoms with van der Waals surface area (Å²) in [5, 5.41) is 3.14. The van der Waals surface area contributed by atoms with Gasteiger partial charge in [-0.3, -0.25) is 4.79 Å². The number of aromatic nitrogens is 2. The van der Waals surface area contributed by atoms with Gasteiger partial charge in [-0.15, -0.1) is 0 Å². The van der Waals surface area contributed by atoms with E-state index in [1.54, 1.807) is 18.2 Å². The summed E-state index contributed by atoms with van der Waals surface area (Å²) in [6, 6.07) is 9.20. The second kappa shape index (κ2) is 7.23. The lowest BCUT2D eigenvalue weighted by Crippen LogP contribution is -2.30. The van der Waals surface area contributed by atoms with E-state index in [4.69, 9.17) is 27.9 Å². The van der Waals surface area contributed by atoms with E-state index < -0.39 is 18.0 Å². The molecule has 7 nitrogen and oxygen atoms in total. The first-order chi connectivity index (χ1) is 12.3. The van der Waals surface area contributed by atoms with E-state index >= 15 is 0 Å². The van der Waals surface area contributed by atoms with E-state index in [1.807, 2.05) is 0 Å². The third-order valence-electron chi connectivity index (χ3n) is 3.59. The van der Waals surface area contributed by atoms with Crippen LogP contribution in [-0.2, 0) is 9.53 Å². The van der Waals surface area contributed by atoms with Crippen LogP contribution in [-0.4, -0.2) is 27.9 Å². The Morgan fingerprint density at radius 1 is 1.08 bits per heavy atom. The Kier molecular flexibility index (Phi) is 5.01. The van der Waals surface area contributed by atoms with Gasteiger partial charge in [0.15, 0.2) is 6.10 Å². The number of fused-ring (bicyclic) bond motifs is 1. The van der Waals surface area contributed by atoms with Gasteiger partial charge >= 0.3 is 11.7 Å². The third kappa shape index (κ3) is 3.89. The van der Waals surface area contributed by atoms with Crippen molar-refractivity contribution in [3.8, 4) is 0 Å². The topological polar surface area (TPSA) is 104 Å². The Bertz CT molecular complexity index is 1060. The summed E-state index contributed by atoms with van der Waals surface area (Å²) in [7, 11) is 0. The third-order valence-corrected chi connectivity index (χ3v) is 4.14. The van der Waals surface area contributed by atoms with Gasteiger partial charge in [-0.2, -0.15) is 0 Å². The summed E-state index contributed by atoms with van der Waals surface area (Å²) in [5.41, 5.74) is 1.38. The van der Waals surface area contributed by atoms with Crippen molar-refractivity contribution < 1.29 is 14.3 Å². The van der Waals surface area contributed by atoms with Crippen LogP contribution in [0.15, 0.2) is 41.2 Å². The van der Waals surface area contributed by atoms with E-state index in [9.17, 15) is 14.4 Å². The number of imidazole rings is 1. The van der Waals surface area contributed by atoms with Crippen molar-refractivity contribution in [2.24, 2.45) is 0 Å². The number of hydrogen-bond acceptors (Lipinski definition) is 4. The molecule has 1 atom stereocenters. The molecule has 1 heterocycles. The van der Waals surface area contributed by atoms with Crippen molar-refractivity contribution in [3.05, 3.63) is 62.5 Å². The molecule has 9 heteroatoms. The number of carbonyl (C=O) groups is 2. The molecule has 0 aliphatic rings. The Labute approximate surface area is 157 Å². The number of benzene rings is 2. The van der Waals surface area contributed by atoms with Gasteiger partial charge in [-0.25, -0.2) is 9.59 Å². The Morgan fingerprint density at radius 3 is 2.54 bits per heavy atom. The quantitative estimate of drug-likeness (QED) is 0.591. The van der Waals surface area contributed by atoms with Crippen LogP contribution in [0.4, 0.5) is 5.69 Å². The molecule has 0 fully saturated rings. The van der Waals surface area contributed by atoms with Crippen molar-refractivity contribution in [3.63, 3.8) is 0 Å². The van der Waals surface area contributed by atoms with Crippen LogP contribution in [0.2, 0.25) is 10.0 Å². The number of aromatic amines is 2. The fourth-order valence-electron chi connectivity index (χ4n) is 2.29. The summed E-state index contributed by atoms with van der Waals surface area (Å²) >= 11 is 11.7. The van der Waals surface area contributed by atoms with Gasteiger partial charge in [0.25, 0.3) is 5.91 Å². The number of nitrogens with one attached hydrogen (secondary N) is 3. The SMILES string of the molecule is C[C@H](OC(=O)c1ccc(Cl)cc1Cl)C(=O)Nc1ccc2[nH]c(=O)[nH]c2c1. The molecule has 1 amide bonds. The summed E-state index contributed by atoms with van der Waals surface area (Å²) < 4.78 is 5.14. The second-order valence-corrected chi connectivity index (χ2v) is 6.34. The van der Waals surface area contributed by atoms with Gasteiger partial charge in [0.2, 0.25) is 0 Å². The average molecular weight is 394 g/mol. The molecule has 3 rings (SSSR count). The minimum absolute atomic E-state index is 0.113. The normalized spacial score (nSPS) is 12.0. The van der Waals surface area contributed by atoms with Crippen LogP contribution in [0, 0.1) is 0 Å². The molecule has 134 valence electrons. The van der Waals surface area contributed by atoms with Crippen LogP contribution >= 0.6 is 23.2 Å². The summed E-state index contributed by atoms with van der Waals surface area (Å²) in [4.78, 5) is 40.8. The maximum atomic E-state index is 12.2. The molecule has 0 spiro atoms. The van der Waals surface area contributed by atoms with Gasteiger partial charge in [0.1, 0.15) is 0 Å². The molecule has 0 unspecified atom stereocenters. The highest BCUT2D eigenvalue weighted by Gasteiger charge is 2.21. The molecule has 0 aliphatic heterocycles. The number of anilines is 1. The molecule has 26 heavy (non-hydrogen) atoms. The molecule has 0 aliphatic carbocycles. The largest absolute Gasteiger partial charge is 0.449 e. The molecule has 3 N–H and O–H groups in total. The van der Waals surface area contributed by atoms with Gasteiger partial charge in [0, 0.05) is 10.7 Å². The number of esters is 1. The lowest BCUT2D eigenvalue weighted by atomic mass is 10.2. The molecule has 2 aromatic carbocycles. The summed E-state index contributed by atoms with van der Waals surface area (Å²) in [6.45, 7) is 1.44. The molecule has 0 bridgehead atoms. The molecular formula is C17H13Cl2N3O4. The monoisotopic (exact) mass is 393 g/mol. The summed E-state index contributed by atoms with van der Waals surface area (Å²) in [5.74, 6) is -1.26. The van der Waals surface area contributed by atoms with Crippen LogP contribution in [0.25, 0.3) is 11.0 Å². The van der Waals surface area contributed by atoms with Crippen molar-refractivity contribution >= 4 is 51.8 Å². The van der Waals surface area contributed by atoms with Crippen LogP contribution < -0.4 is 11.0 Å². The van der Waals surface area contributed by atoms with Crippen molar-refractivity contribution in [2.45, 2.75) is 13.0 Å². The van der Waals surface area contributed by atoms with Gasteiger partial charge in [-0.1, -0.05) is 23.2 Å². The predicted octanol–water partition coefficient (Wildman–Crippen LogP) is 3.35. The zero-order chi connectivity index (χ0) is 18.8. The zero-order valence-electron chi connectivity index (χ0n) is 13.4. The highest BCUT2D eigenvalue weighted by Crippen LogP contribution is 2.22. The van der Waals surface area contributed by atoms with E-state index in [0.717, 1.165) is 0 Å². The highest BCUT2D eigenvalue weighted by atomic mass is 35.5. The molecule has 0 saturated heterocycles. The average Bonchev–Trinajstić information content (AvgIpc) is 2.93. The molecular weight excluding hydrogens is 381 g/mol. The first-order valence-corrected chi connectivity index (χ1v) is 8.28. The second-order valence-electron chi connectivity index (χ2n) is 5.50. The van der Waals surface area contributed by atoms with Crippen LogP contribution in [0.1, 0.15) is 17.3 Å². The lowest BCUT2D eigenvalue weighted by Gasteiger charge is -2.14. The predicted molar refractivity (Wildman–Crippen MR) is 98.9 cm³/mol. The molecule has 0 radical (unpaired) electrons. The van der Waals surface area contributed by atoms with Crippen LogP contribution in [0.3, 0.4) is 0 Å². The highest BCUT2D eigenvalue weighted by molar-refractivity contribution is 6.36. The summed E-state index contributed by atoms with van der Waals surface area (Å²) in [6.07, 6.45) is -1.06. The van der Waals surface area contributed by atoms with Gasteiger partial charge < -0.3 is 20.0 Å². The number of hydrogen-bond donors (Lipinski definition) is 3. The number of carbonyl (C=O) groups excluding carboxylic acids is 2. The standard InChI is InChI=1S/C17H13Cl2N3O4/c1-8(26-16(24)11-4-2-9(18)6-12(11)19)15(23)20-10-3-5-13-14(7-10)22-17(25)21-13/h2-8H,1H3,(H,20,23)(H2,21,22,25)/t8-/m0/s1.